The zero-order valence-corrected chi connectivity index (χ0v) is 24.1. The summed E-state index contributed by atoms with van der Waals surface area (Å²) in [7, 11) is 1.62. The molecule has 0 saturated carbocycles. The van der Waals surface area contributed by atoms with Crippen LogP contribution in [0.25, 0.3) is 0 Å². The Bertz CT molecular complexity index is 1250. The SMILES string of the molecule is CC#C[C@@H](CC(=O)O)c1ccc(OCc2ccc(CN3CCN(c4ccc(OCOC)cc4)CC3)cc2)cc1.S. The number of rotatable bonds is 12. The van der Waals surface area contributed by atoms with Crippen LogP contribution < -0.4 is 14.4 Å². The van der Waals surface area contributed by atoms with E-state index in [0.29, 0.717) is 6.61 Å². The third-order valence-corrected chi connectivity index (χ3v) is 6.73. The highest BCUT2D eigenvalue weighted by Crippen LogP contribution is 2.24. The van der Waals surface area contributed by atoms with E-state index in [4.69, 9.17) is 19.3 Å². The first kappa shape index (κ1) is 30.9. The number of aliphatic carboxylic acids is 1. The number of methoxy groups -OCH3 is 1. The average Bonchev–Trinajstić information content (AvgIpc) is 2.96. The van der Waals surface area contributed by atoms with Gasteiger partial charge in [0.05, 0.1) is 12.3 Å². The van der Waals surface area contributed by atoms with Crippen molar-refractivity contribution in [2.24, 2.45) is 0 Å². The first-order valence-electron chi connectivity index (χ1n) is 13.2. The molecule has 40 heavy (non-hydrogen) atoms. The fraction of sp³-hybridized carbons (Fsp3) is 0.344. The van der Waals surface area contributed by atoms with Crippen molar-refractivity contribution in [1.82, 2.24) is 4.90 Å². The van der Waals surface area contributed by atoms with Crippen LogP contribution in [-0.2, 0) is 22.7 Å². The molecule has 0 unspecified atom stereocenters. The number of carboxylic acid groups (broad SMARTS) is 1. The molecule has 3 aromatic carbocycles. The van der Waals surface area contributed by atoms with Gasteiger partial charge in [-0.1, -0.05) is 42.3 Å². The number of nitrogens with zero attached hydrogens (tertiary/aromatic N) is 2. The van der Waals surface area contributed by atoms with Crippen LogP contribution in [0.5, 0.6) is 11.5 Å². The maximum atomic E-state index is 11.1. The normalized spacial score (nSPS) is 13.9. The molecule has 1 fully saturated rings. The molecule has 7 nitrogen and oxygen atoms in total. The minimum atomic E-state index is -0.857. The molecule has 1 aliphatic heterocycles. The molecular formula is C32H38N2O5S. The monoisotopic (exact) mass is 562 g/mol. The van der Waals surface area contributed by atoms with Gasteiger partial charge in [-0.3, -0.25) is 9.69 Å². The molecule has 0 aromatic heterocycles. The lowest BCUT2D eigenvalue weighted by Gasteiger charge is -2.36. The zero-order valence-electron chi connectivity index (χ0n) is 23.1. The Morgan fingerprint density at radius 2 is 1.48 bits per heavy atom. The van der Waals surface area contributed by atoms with Crippen LogP contribution in [0.2, 0.25) is 0 Å². The first-order chi connectivity index (χ1) is 19.0. The first-order valence-corrected chi connectivity index (χ1v) is 13.2. The third-order valence-electron chi connectivity index (χ3n) is 6.73. The van der Waals surface area contributed by atoms with Gasteiger partial charge >= 0.3 is 5.97 Å². The van der Waals surface area contributed by atoms with Gasteiger partial charge in [0.15, 0.2) is 6.79 Å². The largest absolute Gasteiger partial charge is 0.489 e. The molecular weight excluding hydrogens is 524 g/mol. The number of hydrogen-bond donors (Lipinski definition) is 1. The summed E-state index contributed by atoms with van der Waals surface area (Å²) in [6.07, 6.45) is -0.0115. The Hall–Kier alpha value is -3.64. The van der Waals surface area contributed by atoms with Crippen molar-refractivity contribution >= 4 is 25.2 Å². The van der Waals surface area contributed by atoms with E-state index < -0.39 is 5.97 Å². The van der Waals surface area contributed by atoms with Gasteiger partial charge < -0.3 is 24.2 Å². The van der Waals surface area contributed by atoms with Gasteiger partial charge in [0, 0.05) is 45.5 Å². The molecule has 0 aliphatic carbocycles. The lowest BCUT2D eigenvalue weighted by molar-refractivity contribution is -0.137. The summed E-state index contributed by atoms with van der Waals surface area (Å²) in [4.78, 5) is 16.0. The van der Waals surface area contributed by atoms with E-state index in [1.165, 1.54) is 11.3 Å². The molecule has 1 N–H and O–H groups in total. The van der Waals surface area contributed by atoms with Crippen molar-refractivity contribution in [1.29, 1.82) is 0 Å². The number of carbonyl (C=O) groups is 1. The van der Waals surface area contributed by atoms with Crippen molar-refractivity contribution in [3.63, 3.8) is 0 Å². The zero-order chi connectivity index (χ0) is 27.5. The minimum absolute atomic E-state index is 0. The van der Waals surface area contributed by atoms with Crippen molar-refractivity contribution in [3.8, 4) is 23.3 Å². The highest BCUT2D eigenvalue weighted by Gasteiger charge is 2.17. The quantitative estimate of drug-likeness (QED) is 0.238. The molecule has 1 heterocycles. The van der Waals surface area contributed by atoms with Crippen LogP contribution in [0, 0.1) is 11.8 Å². The van der Waals surface area contributed by atoms with E-state index >= 15 is 0 Å². The summed E-state index contributed by atoms with van der Waals surface area (Å²) in [5.74, 6) is 6.19. The van der Waals surface area contributed by atoms with E-state index in [2.05, 4.69) is 58.0 Å². The molecule has 4 rings (SSSR count). The Kier molecular flexibility index (Phi) is 12.2. The molecule has 3 aromatic rings. The maximum Gasteiger partial charge on any atom is 0.304 e. The molecule has 212 valence electrons. The highest BCUT2D eigenvalue weighted by molar-refractivity contribution is 7.59. The Balaban J connectivity index is 0.00000441. The van der Waals surface area contributed by atoms with E-state index in [1.807, 2.05) is 36.4 Å². The molecule has 0 amide bonds. The molecule has 8 heteroatoms. The minimum Gasteiger partial charge on any atom is -0.489 e. The molecule has 1 atom stereocenters. The summed E-state index contributed by atoms with van der Waals surface area (Å²) in [5.41, 5.74) is 4.49. The fourth-order valence-electron chi connectivity index (χ4n) is 4.61. The summed E-state index contributed by atoms with van der Waals surface area (Å²) in [6.45, 7) is 7.39. The van der Waals surface area contributed by atoms with Gasteiger partial charge in [0.1, 0.15) is 18.1 Å². The number of piperazine rings is 1. The predicted molar refractivity (Wildman–Crippen MR) is 162 cm³/mol. The van der Waals surface area contributed by atoms with Crippen molar-refractivity contribution in [2.75, 3.05) is 45.0 Å². The van der Waals surface area contributed by atoms with Gasteiger partial charge in [-0.05, 0) is 60.0 Å². The number of hydrogen-bond acceptors (Lipinski definition) is 6. The average molecular weight is 563 g/mol. The second-order valence-electron chi connectivity index (χ2n) is 9.53. The second-order valence-corrected chi connectivity index (χ2v) is 9.53. The van der Waals surface area contributed by atoms with Crippen LogP contribution in [-0.4, -0.2) is 56.1 Å². The Morgan fingerprint density at radius 3 is 2.08 bits per heavy atom. The van der Waals surface area contributed by atoms with Crippen molar-refractivity contribution in [3.05, 3.63) is 89.5 Å². The molecule has 0 bridgehead atoms. The van der Waals surface area contributed by atoms with Crippen LogP contribution in [0.15, 0.2) is 72.8 Å². The summed E-state index contributed by atoms with van der Waals surface area (Å²) < 4.78 is 16.4. The second kappa shape index (κ2) is 15.8. The van der Waals surface area contributed by atoms with Crippen molar-refractivity contribution < 1.29 is 24.1 Å². The Labute approximate surface area is 244 Å². The van der Waals surface area contributed by atoms with E-state index in [1.54, 1.807) is 14.0 Å². The van der Waals surface area contributed by atoms with Crippen LogP contribution in [0.3, 0.4) is 0 Å². The molecule has 1 saturated heterocycles. The predicted octanol–water partition coefficient (Wildman–Crippen LogP) is 5.26. The van der Waals surface area contributed by atoms with Gasteiger partial charge in [0.2, 0.25) is 0 Å². The molecule has 0 radical (unpaired) electrons. The molecule has 1 aliphatic rings. The molecule has 0 spiro atoms. The van der Waals surface area contributed by atoms with Gasteiger partial charge in [-0.25, -0.2) is 0 Å². The standard InChI is InChI=1S/C32H36N2O5.H2S/c1-3-4-28(21-32(35)36)27-9-13-30(14-10-27)38-23-26-7-5-25(6-8-26)22-33-17-19-34(20-18-33)29-11-15-31(16-12-29)39-24-37-2;/h5-16,28H,17-24H2,1-2H3,(H,35,36);1H2/t28-;/m0./s1. The third kappa shape index (κ3) is 9.23. The summed E-state index contributed by atoms with van der Waals surface area (Å²) in [5, 5.41) is 9.13. The lowest BCUT2D eigenvalue weighted by Crippen LogP contribution is -2.45. The maximum absolute atomic E-state index is 11.1. The number of ether oxygens (including phenoxy) is 3. The van der Waals surface area contributed by atoms with E-state index in [9.17, 15) is 4.79 Å². The van der Waals surface area contributed by atoms with Gasteiger partial charge in [-0.2, -0.15) is 13.5 Å². The summed E-state index contributed by atoms with van der Waals surface area (Å²) >= 11 is 0. The summed E-state index contributed by atoms with van der Waals surface area (Å²) in [6, 6.07) is 24.3. The van der Waals surface area contributed by atoms with E-state index in [-0.39, 0.29) is 32.6 Å². The number of anilines is 1. The number of carboxylic acids is 1. The van der Waals surface area contributed by atoms with Crippen LogP contribution in [0.1, 0.15) is 36.0 Å². The Morgan fingerprint density at radius 1 is 0.875 bits per heavy atom. The van der Waals surface area contributed by atoms with Gasteiger partial charge in [-0.15, -0.1) is 5.92 Å². The van der Waals surface area contributed by atoms with Crippen LogP contribution >= 0.6 is 13.5 Å². The topological polar surface area (TPSA) is 71.5 Å². The lowest BCUT2D eigenvalue weighted by atomic mass is 9.96. The van der Waals surface area contributed by atoms with Crippen molar-refractivity contribution in [2.45, 2.75) is 32.4 Å². The van der Waals surface area contributed by atoms with Crippen LogP contribution in [0.4, 0.5) is 5.69 Å². The fourth-order valence-corrected chi connectivity index (χ4v) is 4.61. The number of benzene rings is 3. The smallest absolute Gasteiger partial charge is 0.304 e. The highest BCUT2D eigenvalue weighted by atomic mass is 32.1. The van der Waals surface area contributed by atoms with E-state index in [0.717, 1.165) is 55.3 Å². The van der Waals surface area contributed by atoms with Gasteiger partial charge in [0.25, 0.3) is 0 Å².